The molecule has 3 aromatic rings. The standard InChI is InChI=1S/C24H25FN4O2/c1-3-5-16-31-22-14-15-24(23(25)17-22)29-28-19-8-6-18(7-9-19)26-27-20-10-12-21(13-11-20)30-4-2/h6-15,17H,3-5,16H2,1-2H3. The Bertz CT molecular complexity index is 1020. The van der Waals surface area contributed by atoms with E-state index < -0.39 is 5.82 Å². The van der Waals surface area contributed by atoms with Crippen molar-refractivity contribution in [3.05, 3.63) is 72.5 Å². The Hall–Kier alpha value is -3.61. The van der Waals surface area contributed by atoms with Gasteiger partial charge in [-0.3, -0.25) is 0 Å². The van der Waals surface area contributed by atoms with Crippen molar-refractivity contribution in [2.75, 3.05) is 13.2 Å². The highest BCUT2D eigenvalue weighted by molar-refractivity contribution is 5.49. The molecule has 0 spiro atoms. The van der Waals surface area contributed by atoms with Gasteiger partial charge in [0.25, 0.3) is 0 Å². The molecule has 0 aromatic heterocycles. The maximum absolute atomic E-state index is 14.2. The molecule has 0 aliphatic heterocycles. The van der Waals surface area contributed by atoms with Crippen molar-refractivity contribution in [3.8, 4) is 11.5 Å². The minimum atomic E-state index is -0.474. The van der Waals surface area contributed by atoms with Gasteiger partial charge in [0.2, 0.25) is 0 Å². The van der Waals surface area contributed by atoms with Gasteiger partial charge in [-0.2, -0.15) is 15.3 Å². The number of nitrogens with zero attached hydrogens (tertiary/aromatic N) is 4. The number of benzene rings is 3. The number of ether oxygens (including phenoxy) is 2. The lowest BCUT2D eigenvalue weighted by Crippen LogP contribution is -1.96. The topological polar surface area (TPSA) is 67.9 Å². The highest BCUT2D eigenvalue weighted by Crippen LogP contribution is 2.27. The first-order valence-corrected chi connectivity index (χ1v) is 10.3. The summed E-state index contributed by atoms with van der Waals surface area (Å²) < 4.78 is 25.1. The number of unbranched alkanes of at least 4 members (excludes halogenated alkanes) is 1. The molecule has 0 N–H and O–H groups in total. The van der Waals surface area contributed by atoms with Crippen LogP contribution in [-0.2, 0) is 0 Å². The van der Waals surface area contributed by atoms with Gasteiger partial charge in [-0.25, -0.2) is 4.39 Å². The van der Waals surface area contributed by atoms with Crippen LogP contribution in [0.3, 0.4) is 0 Å². The predicted molar refractivity (Wildman–Crippen MR) is 119 cm³/mol. The molecule has 0 radical (unpaired) electrons. The first-order valence-electron chi connectivity index (χ1n) is 10.3. The summed E-state index contributed by atoms with van der Waals surface area (Å²) in [6, 6.07) is 19.0. The van der Waals surface area contributed by atoms with E-state index in [0.29, 0.717) is 30.3 Å². The molecule has 0 aliphatic rings. The van der Waals surface area contributed by atoms with E-state index in [0.717, 1.165) is 24.3 Å². The van der Waals surface area contributed by atoms with Gasteiger partial charge in [0, 0.05) is 6.07 Å². The van der Waals surface area contributed by atoms with E-state index >= 15 is 0 Å². The number of rotatable bonds is 10. The first kappa shape index (κ1) is 22.1. The molecule has 0 fully saturated rings. The molecule has 3 rings (SSSR count). The Morgan fingerprint density at radius 1 is 0.677 bits per heavy atom. The predicted octanol–water partition coefficient (Wildman–Crippen LogP) is 8.23. The molecule has 0 saturated carbocycles. The molecule has 0 unspecified atom stereocenters. The lowest BCUT2D eigenvalue weighted by Gasteiger charge is -2.05. The monoisotopic (exact) mass is 420 g/mol. The Kier molecular flexibility index (Phi) is 8.22. The molecule has 31 heavy (non-hydrogen) atoms. The minimum absolute atomic E-state index is 0.155. The third-order valence-corrected chi connectivity index (χ3v) is 4.24. The van der Waals surface area contributed by atoms with E-state index in [1.54, 1.807) is 36.4 Å². The summed E-state index contributed by atoms with van der Waals surface area (Å²) >= 11 is 0. The number of hydrogen-bond acceptors (Lipinski definition) is 6. The van der Waals surface area contributed by atoms with Gasteiger partial charge in [-0.05, 0) is 74.0 Å². The summed E-state index contributed by atoms with van der Waals surface area (Å²) in [6.07, 6.45) is 1.95. The normalized spacial score (nSPS) is 11.3. The van der Waals surface area contributed by atoms with Gasteiger partial charge in [-0.1, -0.05) is 13.3 Å². The van der Waals surface area contributed by atoms with Crippen molar-refractivity contribution >= 4 is 22.7 Å². The quantitative estimate of drug-likeness (QED) is 0.245. The second-order valence-corrected chi connectivity index (χ2v) is 6.66. The van der Waals surface area contributed by atoms with Crippen molar-refractivity contribution in [2.45, 2.75) is 26.7 Å². The average molecular weight is 420 g/mol. The van der Waals surface area contributed by atoms with Crippen molar-refractivity contribution in [2.24, 2.45) is 20.5 Å². The molecular formula is C24H25FN4O2. The van der Waals surface area contributed by atoms with Crippen LogP contribution in [0.15, 0.2) is 87.2 Å². The van der Waals surface area contributed by atoms with Crippen LogP contribution in [0, 0.1) is 5.82 Å². The van der Waals surface area contributed by atoms with E-state index in [-0.39, 0.29) is 5.69 Å². The minimum Gasteiger partial charge on any atom is -0.494 e. The molecular weight excluding hydrogens is 395 g/mol. The summed E-state index contributed by atoms with van der Waals surface area (Å²) in [5.74, 6) is 0.817. The van der Waals surface area contributed by atoms with Crippen molar-refractivity contribution in [3.63, 3.8) is 0 Å². The van der Waals surface area contributed by atoms with E-state index in [4.69, 9.17) is 9.47 Å². The van der Waals surface area contributed by atoms with Crippen LogP contribution in [0.4, 0.5) is 27.1 Å². The summed E-state index contributed by atoms with van der Waals surface area (Å²) in [5.41, 5.74) is 2.14. The summed E-state index contributed by atoms with van der Waals surface area (Å²) in [5, 5.41) is 16.5. The van der Waals surface area contributed by atoms with Gasteiger partial charge >= 0.3 is 0 Å². The van der Waals surface area contributed by atoms with E-state index in [9.17, 15) is 4.39 Å². The third kappa shape index (κ3) is 6.99. The highest BCUT2D eigenvalue weighted by atomic mass is 19.1. The number of hydrogen-bond donors (Lipinski definition) is 0. The van der Waals surface area contributed by atoms with Crippen LogP contribution in [0.1, 0.15) is 26.7 Å². The Morgan fingerprint density at radius 2 is 1.23 bits per heavy atom. The third-order valence-electron chi connectivity index (χ3n) is 4.24. The van der Waals surface area contributed by atoms with Gasteiger partial charge in [0.05, 0.1) is 30.3 Å². The van der Waals surface area contributed by atoms with Crippen molar-refractivity contribution in [1.82, 2.24) is 0 Å². The van der Waals surface area contributed by atoms with Gasteiger partial charge in [-0.15, -0.1) is 5.11 Å². The fraction of sp³-hybridized carbons (Fsp3) is 0.250. The first-order chi connectivity index (χ1) is 15.2. The molecule has 7 heteroatoms. The SMILES string of the molecule is CCCCOc1ccc(N=Nc2ccc(N=Nc3ccc(OCC)cc3)cc2)c(F)c1. The van der Waals surface area contributed by atoms with Crippen LogP contribution in [-0.4, -0.2) is 13.2 Å². The maximum Gasteiger partial charge on any atom is 0.154 e. The Balaban J connectivity index is 1.59. The second kappa shape index (κ2) is 11.5. The van der Waals surface area contributed by atoms with Crippen LogP contribution in [0.5, 0.6) is 11.5 Å². The van der Waals surface area contributed by atoms with E-state index in [2.05, 4.69) is 27.4 Å². The average Bonchev–Trinajstić information content (AvgIpc) is 2.79. The molecule has 0 aliphatic carbocycles. The zero-order valence-electron chi connectivity index (χ0n) is 17.7. The molecule has 0 saturated heterocycles. The van der Waals surface area contributed by atoms with Crippen LogP contribution in [0.25, 0.3) is 0 Å². The molecule has 0 amide bonds. The van der Waals surface area contributed by atoms with Gasteiger partial charge in [0.1, 0.15) is 17.2 Å². The highest BCUT2D eigenvalue weighted by Gasteiger charge is 2.04. The van der Waals surface area contributed by atoms with Crippen molar-refractivity contribution < 1.29 is 13.9 Å². The molecule has 0 heterocycles. The Labute approximate surface area is 181 Å². The molecule has 160 valence electrons. The Morgan fingerprint density at radius 3 is 1.77 bits per heavy atom. The van der Waals surface area contributed by atoms with Gasteiger partial charge < -0.3 is 9.47 Å². The molecule has 0 bridgehead atoms. The number of azo groups is 2. The summed E-state index contributed by atoms with van der Waals surface area (Å²) in [6.45, 7) is 5.20. The smallest absolute Gasteiger partial charge is 0.154 e. The van der Waals surface area contributed by atoms with Crippen LogP contribution >= 0.6 is 0 Å². The lowest BCUT2D eigenvalue weighted by molar-refractivity contribution is 0.308. The van der Waals surface area contributed by atoms with Crippen LogP contribution in [0.2, 0.25) is 0 Å². The van der Waals surface area contributed by atoms with Crippen molar-refractivity contribution in [1.29, 1.82) is 0 Å². The zero-order valence-corrected chi connectivity index (χ0v) is 17.7. The zero-order chi connectivity index (χ0) is 21.9. The summed E-state index contributed by atoms with van der Waals surface area (Å²) in [4.78, 5) is 0. The number of halogens is 1. The second-order valence-electron chi connectivity index (χ2n) is 6.66. The van der Waals surface area contributed by atoms with E-state index in [1.807, 2.05) is 31.2 Å². The summed E-state index contributed by atoms with van der Waals surface area (Å²) in [7, 11) is 0. The molecule has 6 nitrogen and oxygen atoms in total. The lowest BCUT2D eigenvalue weighted by atomic mass is 10.3. The van der Waals surface area contributed by atoms with Crippen LogP contribution < -0.4 is 9.47 Å². The maximum atomic E-state index is 14.2. The fourth-order valence-electron chi connectivity index (χ4n) is 2.58. The van der Waals surface area contributed by atoms with E-state index in [1.165, 1.54) is 6.07 Å². The molecule has 0 atom stereocenters. The largest absolute Gasteiger partial charge is 0.494 e. The molecule has 3 aromatic carbocycles. The van der Waals surface area contributed by atoms with Gasteiger partial charge in [0.15, 0.2) is 5.82 Å². The fourth-order valence-corrected chi connectivity index (χ4v) is 2.58.